The molecule has 1 aromatic heterocycles. The van der Waals surface area contributed by atoms with Gasteiger partial charge in [0.1, 0.15) is 0 Å². The van der Waals surface area contributed by atoms with E-state index in [1.807, 2.05) is 6.07 Å². The van der Waals surface area contributed by atoms with Crippen LogP contribution in [0.15, 0.2) is 9.85 Å². The number of halogens is 2. The molecule has 4 heteroatoms. The summed E-state index contributed by atoms with van der Waals surface area (Å²) in [4.78, 5) is 1.21. The van der Waals surface area contributed by atoms with E-state index >= 15 is 0 Å². The van der Waals surface area contributed by atoms with Crippen LogP contribution < -0.4 is 0 Å². The molecule has 1 aromatic rings. The van der Waals surface area contributed by atoms with Gasteiger partial charge in [-0.1, -0.05) is 25.4 Å². The molecule has 74 valence electrons. The van der Waals surface area contributed by atoms with Crippen LogP contribution >= 0.6 is 38.9 Å². The van der Waals surface area contributed by atoms with Crippen LogP contribution in [0.25, 0.3) is 0 Å². The second-order valence-corrected chi connectivity index (χ2v) is 6.37. The molecule has 0 aromatic carbocycles. The molecule has 1 rings (SSSR count). The topological polar surface area (TPSA) is 20.2 Å². The lowest BCUT2D eigenvalue weighted by Gasteiger charge is -2.21. The normalized spacial score (nSPS) is 12.1. The molecule has 0 bridgehead atoms. The molecule has 1 nitrogen and oxygen atoms in total. The van der Waals surface area contributed by atoms with Gasteiger partial charge in [-0.25, -0.2) is 0 Å². The molecule has 0 radical (unpaired) electrons. The summed E-state index contributed by atoms with van der Waals surface area (Å²) in [5.41, 5.74) is 0.00900. The van der Waals surface area contributed by atoms with E-state index in [1.165, 1.54) is 4.88 Å². The van der Waals surface area contributed by atoms with Gasteiger partial charge < -0.3 is 5.11 Å². The van der Waals surface area contributed by atoms with Crippen molar-refractivity contribution in [2.75, 3.05) is 6.61 Å². The van der Waals surface area contributed by atoms with Crippen LogP contribution in [0.2, 0.25) is 5.02 Å². The number of hydrogen-bond donors (Lipinski definition) is 1. The first-order valence-electron chi connectivity index (χ1n) is 4.03. The van der Waals surface area contributed by atoms with Crippen LogP contribution in [0.3, 0.4) is 0 Å². The zero-order valence-electron chi connectivity index (χ0n) is 7.60. The fraction of sp³-hybridized carbons (Fsp3) is 0.556. The van der Waals surface area contributed by atoms with E-state index in [1.54, 1.807) is 11.3 Å². The molecular formula is C9H12BrClOS. The third-order valence-electron chi connectivity index (χ3n) is 2.05. The second kappa shape index (κ2) is 4.30. The van der Waals surface area contributed by atoms with Gasteiger partial charge in [-0.3, -0.25) is 0 Å². The molecular weight excluding hydrogens is 272 g/mol. The quantitative estimate of drug-likeness (QED) is 0.894. The molecule has 1 heterocycles. The Morgan fingerprint density at radius 3 is 2.62 bits per heavy atom. The van der Waals surface area contributed by atoms with E-state index < -0.39 is 0 Å². The summed E-state index contributed by atoms with van der Waals surface area (Å²) < 4.78 is 0.968. The van der Waals surface area contributed by atoms with Crippen molar-refractivity contribution in [3.05, 3.63) is 19.8 Å². The standard InChI is InChI=1S/C9H12BrClOS/c1-9(2,3-4-12)7-5-6(11)8(10)13-7/h5,12H,3-4H2,1-2H3. The van der Waals surface area contributed by atoms with Crippen LogP contribution in [0.4, 0.5) is 0 Å². The predicted molar refractivity (Wildman–Crippen MR) is 61.8 cm³/mol. The van der Waals surface area contributed by atoms with E-state index in [0.29, 0.717) is 0 Å². The molecule has 1 N–H and O–H groups in total. The molecule has 13 heavy (non-hydrogen) atoms. The maximum atomic E-state index is 8.90. The monoisotopic (exact) mass is 282 g/mol. The van der Waals surface area contributed by atoms with Gasteiger partial charge in [0.25, 0.3) is 0 Å². The molecule has 0 amide bonds. The van der Waals surface area contributed by atoms with Crippen LogP contribution in [0.1, 0.15) is 25.1 Å². The van der Waals surface area contributed by atoms with Gasteiger partial charge in [-0.05, 0) is 28.4 Å². The Hall–Kier alpha value is 0.430. The SMILES string of the molecule is CC(C)(CCO)c1cc(Cl)c(Br)s1. The van der Waals surface area contributed by atoms with Crippen molar-refractivity contribution in [1.29, 1.82) is 0 Å². The summed E-state index contributed by atoms with van der Waals surface area (Å²) in [7, 11) is 0. The number of rotatable bonds is 3. The highest BCUT2D eigenvalue weighted by Crippen LogP contribution is 2.39. The van der Waals surface area contributed by atoms with Gasteiger partial charge in [0.15, 0.2) is 0 Å². The van der Waals surface area contributed by atoms with Crippen molar-refractivity contribution >= 4 is 38.9 Å². The summed E-state index contributed by atoms with van der Waals surface area (Å²) in [5.74, 6) is 0. The summed E-state index contributed by atoms with van der Waals surface area (Å²) >= 11 is 11.0. The average Bonchev–Trinajstić information content (AvgIpc) is 2.33. The van der Waals surface area contributed by atoms with E-state index in [4.69, 9.17) is 16.7 Å². The molecule has 0 fully saturated rings. The smallest absolute Gasteiger partial charge is 0.0887 e. The first kappa shape index (κ1) is 11.5. The second-order valence-electron chi connectivity index (χ2n) is 3.59. The maximum Gasteiger partial charge on any atom is 0.0887 e. The number of aliphatic hydroxyl groups excluding tert-OH is 1. The molecule has 0 aliphatic heterocycles. The van der Waals surface area contributed by atoms with Crippen LogP contribution in [0.5, 0.6) is 0 Å². The minimum absolute atomic E-state index is 0.00900. The van der Waals surface area contributed by atoms with E-state index in [-0.39, 0.29) is 12.0 Å². The third kappa shape index (κ3) is 2.69. The van der Waals surface area contributed by atoms with Crippen molar-refractivity contribution in [2.45, 2.75) is 25.7 Å². The number of thiophene rings is 1. The van der Waals surface area contributed by atoms with Crippen molar-refractivity contribution in [3.8, 4) is 0 Å². The Bertz CT molecular complexity index is 276. The third-order valence-corrected chi connectivity index (χ3v) is 4.89. The Labute approximate surface area is 95.9 Å². The molecule has 0 atom stereocenters. The largest absolute Gasteiger partial charge is 0.396 e. The fourth-order valence-electron chi connectivity index (χ4n) is 1.08. The summed E-state index contributed by atoms with van der Waals surface area (Å²) in [6.07, 6.45) is 0.760. The van der Waals surface area contributed by atoms with Crippen molar-refractivity contribution in [3.63, 3.8) is 0 Å². The highest BCUT2D eigenvalue weighted by atomic mass is 79.9. The van der Waals surface area contributed by atoms with Gasteiger partial charge in [-0.15, -0.1) is 11.3 Å². The molecule has 0 aliphatic rings. The van der Waals surface area contributed by atoms with Crippen molar-refractivity contribution in [1.82, 2.24) is 0 Å². The first-order chi connectivity index (χ1) is 5.97. The van der Waals surface area contributed by atoms with Crippen LogP contribution in [-0.2, 0) is 5.41 Å². The van der Waals surface area contributed by atoms with Gasteiger partial charge >= 0.3 is 0 Å². The highest BCUT2D eigenvalue weighted by molar-refractivity contribution is 9.11. The molecule has 0 aliphatic carbocycles. The molecule has 0 spiro atoms. The first-order valence-corrected chi connectivity index (χ1v) is 6.02. The highest BCUT2D eigenvalue weighted by Gasteiger charge is 2.23. The lowest BCUT2D eigenvalue weighted by molar-refractivity contribution is 0.254. The zero-order valence-corrected chi connectivity index (χ0v) is 10.8. The summed E-state index contributed by atoms with van der Waals surface area (Å²) in [5, 5.41) is 9.65. The lowest BCUT2D eigenvalue weighted by atomic mass is 9.88. The Morgan fingerprint density at radius 1 is 1.62 bits per heavy atom. The molecule has 0 saturated heterocycles. The van der Waals surface area contributed by atoms with E-state index in [0.717, 1.165) is 15.2 Å². The van der Waals surface area contributed by atoms with Crippen LogP contribution in [0, 0.1) is 0 Å². The Morgan fingerprint density at radius 2 is 2.23 bits per heavy atom. The molecule has 0 saturated carbocycles. The zero-order chi connectivity index (χ0) is 10.1. The minimum Gasteiger partial charge on any atom is -0.396 e. The van der Waals surface area contributed by atoms with Crippen molar-refractivity contribution < 1.29 is 5.11 Å². The Balaban J connectivity index is 2.93. The predicted octanol–water partition coefficient (Wildman–Crippen LogP) is 3.82. The van der Waals surface area contributed by atoms with Gasteiger partial charge in [-0.2, -0.15) is 0 Å². The molecule has 0 unspecified atom stereocenters. The maximum absolute atomic E-state index is 8.90. The summed E-state index contributed by atoms with van der Waals surface area (Å²) in [6.45, 7) is 4.43. The number of aliphatic hydroxyl groups is 1. The van der Waals surface area contributed by atoms with E-state index in [2.05, 4.69) is 29.8 Å². The average molecular weight is 284 g/mol. The van der Waals surface area contributed by atoms with E-state index in [9.17, 15) is 0 Å². The lowest BCUT2D eigenvalue weighted by Crippen LogP contribution is -2.16. The van der Waals surface area contributed by atoms with Gasteiger partial charge in [0, 0.05) is 16.9 Å². The summed E-state index contributed by atoms with van der Waals surface area (Å²) in [6, 6.07) is 1.96. The van der Waals surface area contributed by atoms with Gasteiger partial charge in [0.05, 0.1) is 8.81 Å². The fourth-order valence-corrected chi connectivity index (χ4v) is 2.91. The van der Waals surface area contributed by atoms with Crippen molar-refractivity contribution in [2.24, 2.45) is 0 Å². The minimum atomic E-state index is 0.00900. The van der Waals surface area contributed by atoms with Gasteiger partial charge in [0.2, 0.25) is 0 Å². The number of hydrogen-bond acceptors (Lipinski definition) is 2. The van der Waals surface area contributed by atoms with Crippen LogP contribution in [-0.4, -0.2) is 11.7 Å². The Kier molecular flexibility index (Phi) is 3.81.